The molecule has 2 nitrogen and oxygen atoms in total. The molecule has 1 aliphatic heterocycles. The summed E-state index contributed by atoms with van der Waals surface area (Å²) in [5, 5.41) is 10.9. The van der Waals surface area contributed by atoms with Crippen LogP contribution in [0.2, 0.25) is 0 Å². The van der Waals surface area contributed by atoms with Crippen molar-refractivity contribution in [2.24, 2.45) is 0 Å². The van der Waals surface area contributed by atoms with Crippen LogP contribution in [-0.2, 0) is 0 Å². The number of rotatable bonds is 0. The molecule has 12 heavy (non-hydrogen) atoms. The maximum Gasteiger partial charge on any atom is 0.272 e. The Labute approximate surface area is 76.8 Å². The zero-order valence-electron chi connectivity index (χ0n) is 6.72. The quantitative estimate of drug-likeness (QED) is 0.617. The lowest BCUT2D eigenvalue weighted by Crippen LogP contribution is -2.52. The van der Waals surface area contributed by atoms with Crippen LogP contribution >= 0.6 is 12.4 Å². The summed E-state index contributed by atoms with van der Waals surface area (Å²) >= 11 is 0. The van der Waals surface area contributed by atoms with Crippen molar-refractivity contribution in [3.63, 3.8) is 0 Å². The summed E-state index contributed by atoms with van der Waals surface area (Å²) in [7, 11) is 0. The summed E-state index contributed by atoms with van der Waals surface area (Å²) in [6, 6.07) is 0. The van der Waals surface area contributed by atoms with Crippen molar-refractivity contribution in [3.8, 4) is 0 Å². The second-order valence-corrected chi connectivity index (χ2v) is 3.04. The fourth-order valence-corrected chi connectivity index (χ4v) is 0.701. The van der Waals surface area contributed by atoms with E-state index < -0.39 is 5.92 Å². The predicted molar refractivity (Wildman–Crippen MR) is 44.9 cm³/mol. The molecule has 5 heteroatoms. The lowest BCUT2D eigenvalue weighted by molar-refractivity contribution is -0.0475. The molecule has 0 bridgehead atoms. The highest BCUT2D eigenvalue weighted by atomic mass is 35.5. The van der Waals surface area contributed by atoms with Crippen LogP contribution in [0.4, 0.5) is 8.78 Å². The zero-order valence-corrected chi connectivity index (χ0v) is 7.54. The molecule has 1 saturated carbocycles. The summed E-state index contributed by atoms with van der Waals surface area (Å²) in [5.74, 6) is -2.39. The van der Waals surface area contributed by atoms with Crippen molar-refractivity contribution < 1.29 is 13.9 Å². The number of hydrogen-bond donors (Lipinski definition) is 2. The molecule has 0 aromatic heterocycles. The second kappa shape index (κ2) is 4.94. The number of hydrogen-bond acceptors (Lipinski definition) is 2. The van der Waals surface area contributed by atoms with Crippen LogP contribution in [0.5, 0.6) is 0 Å². The van der Waals surface area contributed by atoms with E-state index in [1.807, 2.05) is 0 Å². The SMILES string of the molecule is Cl.FC1(F)CNC1.OC1CCC1. The van der Waals surface area contributed by atoms with Gasteiger partial charge in [-0.05, 0) is 19.3 Å². The highest BCUT2D eigenvalue weighted by Crippen LogP contribution is 2.16. The monoisotopic (exact) mass is 201 g/mol. The van der Waals surface area contributed by atoms with Crippen LogP contribution in [0, 0.1) is 0 Å². The summed E-state index contributed by atoms with van der Waals surface area (Å²) in [6.45, 7) is -0.264. The van der Waals surface area contributed by atoms with Crippen LogP contribution in [-0.4, -0.2) is 30.2 Å². The summed E-state index contributed by atoms with van der Waals surface area (Å²) < 4.78 is 23.0. The number of aliphatic hydroxyl groups is 1. The molecule has 1 aliphatic carbocycles. The third-order valence-corrected chi connectivity index (χ3v) is 1.84. The van der Waals surface area contributed by atoms with Crippen molar-refractivity contribution in [1.29, 1.82) is 0 Å². The minimum Gasteiger partial charge on any atom is -0.393 e. The van der Waals surface area contributed by atoms with Gasteiger partial charge in [0.05, 0.1) is 19.2 Å². The summed E-state index contributed by atoms with van der Waals surface area (Å²) in [4.78, 5) is 0. The average molecular weight is 202 g/mol. The first-order valence-electron chi connectivity index (χ1n) is 3.87. The molecule has 0 aromatic carbocycles. The third-order valence-electron chi connectivity index (χ3n) is 1.84. The Bertz CT molecular complexity index is 125. The average Bonchev–Trinajstić information content (AvgIpc) is 1.82. The van der Waals surface area contributed by atoms with Crippen LogP contribution in [0.1, 0.15) is 19.3 Å². The van der Waals surface area contributed by atoms with Gasteiger partial charge in [0, 0.05) is 0 Å². The first kappa shape index (κ1) is 12.1. The van der Waals surface area contributed by atoms with Gasteiger partial charge in [0.15, 0.2) is 0 Å². The smallest absolute Gasteiger partial charge is 0.272 e. The normalized spacial score (nSPS) is 25.2. The highest BCUT2D eigenvalue weighted by molar-refractivity contribution is 5.85. The number of halogens is 3. The summed E-state index contributed by atoms with van der Waals surface area (Å²) in [6.07, 6.45) is 3.39. The lowest BCUT2D eigenvalue weighted by atomic mass is 9.97. The number of alkyl halides is 2. The second-order valence-electron chi connectivity index (χ2n) is 3.04. The van der Waals surface area contributed by atoms with E-state index in [9.17, 15) is 8.78 Å². The molecule has 1 saturated heterocycles. The Morgan fingerprint density at radius 3 is 1.58 bits per heavy atom. The van der Waals surface area contributed by atoms with Gasteiger partial charge in [-0.2, -0.15) is 0 Å². The molecule has 2 aliphatic rings. The number of aliphatic hydroxyl groups excluding tert-OH is 1. The molecule has 0 aromatic rings. The predicted octanol–water partition coefficient (Wildman–Crippen LogP) is 1.18. The van der Waals surface area contributed by atoms with Crippen molar-refractivity contribution in [1.82, 2.24) is 5.32 Å². The van der Waals surface area contributed by atoms with Crippen LogP contribution in [0.25, 0.3) is 0 Å². The van der Waals surface area contributed by atoms with Gasteiger partial charge in [0.1, 0.15) is 0 Å². The molecule has 0 atom stereocenters. The molecule has 0 unspecified atom stereocenters. The van der Waals surface area contributed by atoms with Gasteiger partial charge < -0.3 is 10.4 Å². The van der Waals surface area contributed by atoms with E-state index in [1.165, 1.54) is 6.42 Å². The van der Waals surface area contributed by atoms with Gasteiger partial charge in [0.2, 0.25) is 0 Å². The Kier molecular flexibility index (Phi) is 4.97. The van der Waals surface area contributed by atoms with E-state index in [4.69, 9.17) is 5.11 Å². The molecule has 0 spiro atoms. The standard InChI is InChI=1S/C4H8O.C3H5F2N.ClH/c5-4-2-1-3-4;4-3(5)1-6-2-3;/h4-5H,1-3H2;6H,1-2H2;1H. The molecule has 2 fully saturated rings. The van der Waals surface area contributed by atoms with Crippen molar-refractivity contribution in [2.45, 2.75) is 31.3 Å². The Morgan fingerprint density at radius 1 is 1.25 bits per heavy atom. The van der Waals surface area contributed by atoms with Crippen LogP contribution in [0.15, 0.2) is 0 Å². The van der Waals surface area contributed by atoms with Gasteiger partial charge in [-0.1, -0.05) is 0 Å². The van der Waals surface area contributed by atoms with Gasteiger partial charge in [-0.3, -0.25) is 0 Å². The highest BCUT2D eigenvalue weighted by Gasteiger charge is 2.36. The Balaban J connectivity index is 0.000000189. The van der Waals surface area contributed by atoms with E-state index in [0.717, 1.165) is 12.8 Å². The fourth-order valence-electron chi connectivity index (χ4n) is 0.701. The fraction of sp³-hybridized carbons (Fsp3) is 1.00. The van der Waals surface area contributed by atoms with Gasteiger partial charge >= 0.3 is 0 Å². The topological polar surface area (TPSA) is 32.3 Å². The van der Waals surface area contributed by atoms with Gasteiger partial charge in [-0.25, -0.2) is 8.78 Å². The van der Waals surface area contributed by atoms with Crippen molar-refractivity contribution in [2.75, 3.05) is 13.1 Å². The molecule has 2 N–H and O–H groups in total. The maximum absolute atomic E-state index is 11.5. The first-order valence-corrected chi connectivity index (χ1v) is 3.87. The van der Waals surface area contributed by atoms with Crippen molar-refractivity contribution in [3.05, 3.63) is 0 Å². The molecule has 1 heterocycles. The molecule has 0 amide bonds. The zero-order chi connectivity index (χ0) is 8.32. The van der Waals surface area contributed by atoms with E-state index in [1.54, 1.807) is 0 Å². The minimum absolute atomic E-state index is 0. The van der Waals surface area contributed by atoms with E-state index in [2.05, 4.69) is 5.32 Å². The molecule has 2 rings (SSSR count). The van der Waals surface area contributed by atoms with E-state index >= 15 is 0 Å². The van der Waals surface area contributed by atoms with E-state index in [0.29, 0.717) is 0 Å². The van der Waals surface area contributed by atoms with Crippen LogP contribution < -0.4 is 5.32 Å². The minimum atomic E-state index is -2.39. The van der Waals surface area contributed by atoms with Crippen molar-refractivity contribution >= 4 is 12.4 Å². The third kappa shape index (κ3) is 4.18. The lowest BCUT2D eigenvalue weighted by Gasteiger charge is -2.25. The van der Waals surface area contributed by atoms with Gasteiger partial charge in [-0.15, -0.1) is 12.4 Å². The maximum atomic E-state index is 11.5. The molecule has 74 valence electrons. The molecule has 0 radical (unpaired) electrons. The molecular weight excluding hydrogens is 188 g/mol. The first-order chi connectivity index (χ1) is 5.10. The molecular formula is C7H14ClF2NO. The Morgan fingerprint density at radius 2 is 1.58 bits per heavy atom. The largest absolute Gasteiger partial charge is 0.393 e. The number of nitrogens with one attached hydrogen (secondary N) is 1. The van der Waals surface area contributed by atoms with Gasteiger partial charge in [0.25, 0.3) is 5.92 Å². The summed E-state index contributed by atoms with van der Waals surface area (Å²) in [5.41, 5.74) is 0. The Hall–Kier alpha value is 0.0700. The van der Waals surface area contributed by atoms with E-state index in [-0.39, 0.29) is 31.6 Å². The van der Waals surface area contributed by atoms with Crippen LogP contribution in [0.3, 0.4) is 0 Å².